The Balaban J connectivity index is 2.05. The standard InChI is InChI=1S/C10H10ClN3S/c11-8-1-2-9-12-10(13-14(9)5-8)7-3-4-15-6-7/h1-2,5,7H,3-4,6H2. The Morgan fingerprint density at radius 1 is 1.47 bits per heavy atom. The number of hydrogen-bond donors (Lipinski definition) is 0. The second-order valence-corrected chi connectivity index (χ2v) is 5.27. The Labute approximate surface area is 96.8 Å². The normalized spacial score (nSPS) is 21.3. The first-order valence-electron chi connectivity index (χ1n) is 4.92. The maximum atomic E-state index is 5.89. The third-order valence-corrected chi connectivity index (χ3v) is 3.99. The van der Waals surface area contributed by atoms with Gasteiger partial charge in [0.05, 0.1) is 5.02 Å². The van der Waals surface area contributed by atoms with E-state index in [1.54, 1.807) is 10.7 Å². The third-order valence-electron chi connectivity index (χ3n) is 2.61. The molecule has 3 heterocycles. The van der Waals surface area contributed by atoms with Gasteiger partial charge in [0.25, 0.3) is 0 Å². The Kier molecular flexibility index (Phi) is 2.33. The molecule has 15 heavy (non-hydrogen) atoms. The molecule has 1 unspecified atom stereocenters. The molecule has 0 saturated carbocycles. The minimum absolute atomic E-state index is 0.522. The lowest BCUT2D eigenvalue weighted by molar-refractivity contribution is 0.713. The molecule has 0 aliphatic carbocycles. The van der Waals surface area contributed by atoms with Crippen molar-refractivity contribution in [1.29, 1.82) is 0 Å². The summed E-state index contributed by atoms with van der Waals surface area (Å²) in [5.74, 6) is 3.85. The van der Waals surface area contributed by atoms with Gasteiger partial charge >= 0.3 is 0 Å². The zero-order valence-electron chi connectivity index (χ0n) is 8.06. The smallest absolute Gasteiger partial charge is 0.155 e. The topological polar surface area (TPSA) is 30.2 Å². The summed E-state index contributed by atoms with van der Waals surface area (Å²) in [6, 6.07) is 3.75. The van der Waals surface area contributed by atoms with Gasteiger partial charge in [-0.25, -0.2) is 9.50 Å². The van der Waals surface area contributed by atoms with Crippen molar-refractivity contribution in [1.82, 2.24) is 14.6 Å². The highest BCUT2D eigenvalue weighted by molar-refractivity contribution is 7.99. The Bertz CT molecular complexity index is 490. The van der Waals surface area contributed by atoms with Crippen LogP contribution in [0.1, 0.15) is 18.2 Å². The molecule has 2 aromatic rings. The van der Waals surface area contributed by atoms with Gasteiger partial charge in [-0.1, -0.05) is 11.6 Å². The summed E-state index contributed by atoms with van der Waals surface area (Å²) in [7, 11) is 0. The summed E-state index contributed by atoms with van der Waals surface area (Å²) in [6.45, 7) is 0. The average Bonchev–Trinajstić information content (AvgIpc) is 2.84. The summed E-state index contributed by atoms with van der Waals surface area (Å²) >= 11 is 7.87. The molecule has 0 N–H and O–H groups in total. The van der Waals surface area contributed by atoms with Crippen LogP contribution in [0.15, 0.2) is 18.3 Å². The monoisotopic (exact) mass is 239 g/mol. The molecule has 78 valence electrons. The van der Waals surface area contributed by atoms with Gasteiger partial charge in [0.1, 0.15) is 0 Å². The quantitative estimate of drug-likeness (QED) is 0.766. The molecule has 1 aliphatic rings. The summed E-state index contributed by atoms with van der Waals surface area (Å²) < 4.78 is 1.76. The van der Waals surface area contributed by atoms with Crippen LogP contribution in [-0.2, 0) is 0 Å². The van der Waals surface area contributed by atoms with Crippen molar-refractivity contribution in [2.75, 3.05) is 11.5 Å². The highest BCUT2D eigenvalue weighted by Crippen LogP contribution is 2.30. The van der Waals surface area contributed by atoms with E-state index in [0.29, 0.717) is 10.9 Å². The highest BCUT2D eigenvalue weighted by Gasteiger charge is 2.21. The van der Waals surface area contributed by atoms with Crippen LogP contribution >= 0.6 is 23.4 Å². The van der Waals surface area contributed by atoms with Crippen LogP contribution in [0.3, 0.4) is 0 Å². The minimum atomic E-state index is 0.522. The van der Waals surface area contributed by atoms with Crippen molar-refractivity contribution in [3.63, 3.8) is 0 Å². The van der Waals surface area contributed by atoms with Crippen LogP contribution < -0.4 is 0 Å². The van der Waals surface area contributed by atoms with E-state index >= 15 is 0 Å². The Hall–Kier alpha value is -0.740. The highest BCUT2D eigenvalue weighted by atomic mass is 35.5. The van der Waals surface area contributed by atoms with Gasteiger partial charge in [0.15, 0.2) is 11.5 Å². The number of fused-ring (bicyclic) bond motifs is 1. The molecule has 0 radical (unpaired) electrons. The molecule has 1 aliphatic heterocycles. The van der Waals surface area contributed by atoms with Gasteiger partial charge < -0.3 is 0 Å². The van der Waals surface area contributed by atoms with Crippen molar-refractivity contribution >= 4 is 29.0 Å². The molecule has 0 bridgehead atoms. The first-order valence-corrected chi connectivity index (χ1v) is 6.46. The predicted molar refractivity (Wildman–Crippen MR) is 62.7 cm³/mol. The predicted octanol–water partition coefficient (Wildman–Crippen LogP) is 2.60. The van der Waals surface area contributed by atoms with E-state index < -0.39 is 0 Å². The van der Waals surface area contributed by atoms with E-state index in [1.807, 2.05) is 23.9 Å². The first-order chi connectivity index (χ1) is 7.33. The second kappa shape index (κ2) is 3.68. The number of halogens is 1. The van der Waals surface area contributed by atoms with Crippen molar-refractivity contribution in [3.05, 3.63) is 29.2 Å². The minimum Gasteiger partial charge on any atom is -0.219 e. The Morgan fingerprint density at radius 3 is 3.20 bits per heavy atom. The number of hydrogen-bond acceptors (Lipinski definition) is 3. The molecule has 1 saturated heterocycles. The average molecular weight is 240 g/mol. The van der Waals surface area contributed by atoms with E-state index in [0.717, 1.165) is 17.2 Å². The fourth-order valence-corrected chi connectivity index (χ4v) is 3.16. The van der Waals surface area contributed by atoms with Crippen molar-refractivity contribution in [2.24, 2.45) is 0 Å². The van der Waals surface area contributed by atoms with Crippen LogP contribution in [0, 0.1) is 0 Å². The number of rotatable bonds is 1. The zero-order chi connectivity index (χ0) is 10.3. The lowest BCUT2D eigenvalue weighted by Crippen LogP contribution is -1.99. The molecule has 2 aromatic heterocycles. The van der Waals surface area contributed by atoms with Crippen LogP contribution in [0.5, 0.6) is 0 Å². The summed E-state index contributed by atoms with van der Waals surface area (Å²) in [5, 5.41) is 5.16. The maximum absolute atomic E-state index is 5.89. The molecule has 1 atom stereocenters. The fraction of sp³-hybridized carbons (Fsp3) is 0.400. The van der Waals surface area contributed by atoms with Crippen LogP contribution in [0.2, 0.25) is 5.02 Å². The van der Waals surface area contributed by atoms with Gasteiger partial charge in [-0.3, -0.25) is 0 Å². The van der Waals surface area contributed by atoms with Gasteiger partial charge in [-0.2, -0.15) is 16.9 Å². The molecular weight excluding hydrogens is 230 g/mol. The number of pyridine rings is 1. The zero-order valence-corrected chi connectivity index (χ0v) is 9.63. The second-order valence-electron chi connectivity index (χ2n) is 3.68. The largest absolute Gasteiger partial charge is 0.219 e. The molecule has 1 fully saturated rings. The summed E-state index contributed by atoms with van der Waals surface area (Å²) in [6.07, 6.45) is 2.99. The molecule has 3 nitrogen and oxygen atoms in total. The van der Waals surface area contributed by atoms with Gasteiger partial charge in [0, 0.05) is 17.9 Å². The lowest BCUT2D eigenvalue weighted by Gasteiger charge is -1.99. The van der Waals surface area contributed by atoms with E-state index in [9.17, 15) is 0 Å². The molecule has 0 spiro atoms. The summed E-state index contributed by atoms with van der Waals surface area (Å²) in [4.78, 5) is 4.52. The first kappa shape index (κ1) is 9.48. The maximum Gasteiger partial charge on any atom is 0.155 e. The Morgan fingerprint density at radius 2 is 2.40 bits per heavy atom. The number of aromatic nitrogens is 3. The van der Waals surface area contributed by atoms with Crippen LogP contribution in [-0.4, -0.2) is 26.1 Å². The number of nitrogens with zero attached hydrogens (tertiary/aromatic N) is 3. The van der Waals surface area contributed by atoms with Gasteiger partial charge in [-0.05, 0) is 24.3 Å². The molecule has 0 amide bonds. The summed E-state index contributed by atoms with van der Waals surface area (Å²) in [5.41, 5.74) is 0.881. The molecule has 5 heteroatoms. The van der Waals surface area contributed by atoms with E-state index in [2.05, 4.69) is 10.1 Å². The number of thioether (sulfide) groups is 1. The van der Waals surface area contributed by atoms with Crippen molar-refractivity contribution in [2.45, 2.75) is 12.3 Å². The third kappa shape index (κ3) is 1.72. The molecular formula is C10H10ClN3S. The molecule has 3 rings (SSSR count). The fourth-order valence-electron chi connectivity index (χ4n) is 1.79. The van der Waals surface area contributed by atoms with Crippen molar-refractivity contribution in [3.8, 4) is 0 Å². The van der Waals surface area contributed by atoms with Crippen molar-refractivity contribution < 1.29 is 0 Å². The molecule has 0 aromatic carbocycles. The van der Waals surface area contributed by atoms with Gasteiger partial charge in [-0.15, -0.1) is 0 Å². The van der Waals surface area contributed by atoms with E-state index in [1.165, 1.54) is 12.2 Å². The SMILES string of the molecule is Clc1ccc2nc(C3CCSC3)nn2c1. The van der Waals surface area contributed by atoms with E-state index in [4.69, 9.17) is 11.6 Å². The van der Waals surface area contributed by atoms with Crippen LogP contribution in [0.25, 0.3) is 5.65 Å². The van der Waals surface area contributed by atoms with Crippen LogP contribution in [0.4, 0.5) is 0 Å². The lowest BCUT2D eigenvalue weighted by atomic mass is 10.1. The van der Waals surface area contributed by atoms with E-state index in [-0.39, 0.29) is 0 Å². The van der Waals surface area contributed by atoms with Gasteiger partial charge in [0.2, 0.25) is 0 Å².